The zero-order valence-corrected chi connectivity index (χ0v) is 13.1. The highest BCUT2D eigenvalue weighted by Gasteiger charge is 2.06. The molecule has 0 unspecified atom stereocenters. The van der Waals surface area contributed by atoms with E-state index in [-0.39, 0.29) is 5.78 Å². The van der Waals surface area contributed by atoms with Crippen LogP contribution in [0.4, 0.5) is 0 Å². The molecular weight excluding hydrogens is 320 g/mol. The van der Waals surface area contributed by atoms with Gasteiger partial charge >= 0.3 is 0 Å². The fourth-order valence-electron chi connectivity index (χ4n) is 1.77. The number of carbonyl (C=O) groups is 1. The predicted octanol–water partition coefficient (Wildman–Crippen LogP) is 4.66. The molecule has 0 aliphatic carbocycles. The maximum absolute atomic E-state index is 12.0. The maximum Gasteiger partial charge on any atom is 0.147 e. The minimum Gasteiger partial charge on any atom is -0.298 e. The molecule has 19 heavy (non-hydrogen) atoms. The first-order valence-corrected chi connectivity index (χ1v) is 7.87. The van der Waals surface area contributed by atoms with Gasteiger partial charge in [-0.15, -0.1) is 11.8 Å². The van der Waals surface area contributed by atoms with Gasteiger partial charge in [-0.1, -0.05) is 40.2 Å². The molecule has 2 aromatic carbocycles. The second-order valence-electron chi connectivity index (χ2n) is 4.38. The second kappa shape index (κ2) is 6.92. The topological polar surface area (TPSA) is 17.1 Å². The second-order valence-corrected chi connectivity index (χ2v) is 6.35. The minimum absolute atomic E-state index is 0.266. The Balaban J connectivity index is 1.88. The van der Waals surface area contributed by atoms with E-state index in [0.29, 0.717) is 12.2 Å². The highest BCUT2D eigenvalue weighted by molar-refractivity contribution is 9.10. The molecule has 0 aliphatic heterocycles. The van der Waals surface area contributed by atoms with Gasteiger partial charge in [0.1, 0.15) is 5.78 Å². The molecule has 0 spiro atoms. The summed E-state index contributed by atoms with van der Waals surface area (Å²) in [5, 5.41) is 0. The number of benzene rings is 2. The van der Waals surface area contributed by atoms with E-state index in [2.05, 4.69) is 15.9 Å². The van der Waals surface area contributed by atoms with E-state index in [1.165, 1.54) is 5.56 Å². The molecule has 0 saturated heterocycles. The highest BCUT2D eigenvalue weighted by Crippen LogP contribution is 2.21. The number of ketones is 1. The van der Waals surface area contributed by atoms with E-state index in [0.717, 1.165) is 14.9 Å². The maximum atomic E-state index is 12.0. The number of rotatable bonds is 5. The summed E-state index contributed by atoms with van der Waals surface area (Å²) in [5.41, 5.74) is 2.31. The Kier molecular flexibility index (Phi) is 5.23. The van der Waals surface area contributed by atoms with Gasteiger partial charge in [0, 0.05) is 15.8 Å². The van der Waals surface area contributed by atoms with Gasteiger partial charge in [-0.2, -0.15) is 0 Å². The predicted molar refractivity (Wildman–Crippen MR) is 84.8 cm³/mol. The van der Waals surface area contributed by atoms with Crippen LogP contribution in [0.2, 0.25) is 0 Å². The van der Waals surface area contributed by atoms with Crippen LogP contribution in [0.3, 0.4) is 0 Å². The molecule has 0 aliphatic rings. The van der Waals surface area contributed by atoms with Gasteiger partial charge in [0.25, 0.3) is 0 Å². The molecule has 0 radical (unpaired) electrons. The van der Waals surface area contributed by atoms with Gasteiger partial charge in [-0.25, -0.2) is 0 Å². The molecule has 0 bridgehead atoms. The minimum atomic E-state index is 0.266. The van der Waals surface area contributed by atoms with Crippen LogP contribution < -0.4 is 0 Å². The summed E-state index contributed by atoms with van der Waals surface area (Å²) < 4.78 is 1.06. The molecule has 0 amide bonds. The van der Waals surface area contributed by atoms with Crippen LogP contribution in [-0.2, 0) is 11.2 Å². The van der Waals surface area contributed by atoms with Gasteiger partial charge in [0.2, 0.25) is 0 Å². The van der Waals surface area contributed by atoms with E-state index < -0.39 is 0 Å². The third kappa shape index (κ3) is 4.51. The number of thioether (sulfide) groups is 1. The Hall–Kier alpha value is -1.06. The van der Waals surface area contributed by atoms with Crippen LogP contribution in [0.1, 0.15) is 11.1 Å². The van der Waals surface area contributed by atoms with Crippen LogP contribution in [-0.4, -0.2) is 11.5 Å². The zero-order chi connectivity index (χ0) is 13.7. The van der Waals surface area contributed by atoms with Crippen LogP contribution in [0.15, 0.2) is 57.9 Å². The molecule has 1 nitrogen and oxygen atoms in total. The highest BCUT2D eigenvalue weighted by atomic mass is 79.9. The lowest BCUT2D eigenvalue weighted by Crippen LogP contribution is -2.06. The Bertz CT molecular complexity index is 563. The normalized spacial score (nSPS) is 10.4. The van der Waals surface area contributed by atoms with E-state index in [4.69, 9.17) is 0 Å². The third-order valence-corrected chi connectivity index (χ3v) is 4.46. The quantitative estimate of drug-likeness (QED) is 0.739. The molecule has 0 fully saturated rings. The SMILES string of the molecule is Cc1ccccc1CC(=O)CSc1ccc(Br)cc1. The summed E-state index contributed by atoms with van der Waals surface area (Å²) in [6.07, 6.45) is 0.524. The van der Waals surface area contributed by atoms with Gasteiger partial charge in [-0.3, -0.25) is 4.79 Å². The van der Waals surface area contributed by atoms with Crippen LogP contribution in [0.5, 0.6) is 0 Å². The number of carbonyl (C=O) groups excluding carboxylic acids is 1. The summed E-state index contributed by atoms with van der Waals surface area (Å²) in [5.74, 6) is 0.790. The average Bonchev–Trinajstić information content (AvgIpc) is 2.41. The van der Waals surface area contributed by atoms with Crippen molar-refractivity contribution in [3.63, 3.8) is 0 Å². The fraction of sp³-hybridized carbons (Fsp3) is 0.188. The van der Waals surface area contributed by atoms with Gasteiger partial charge in [0.15, 0.2) is 0 Å². The van der Waals surface area contributed by atoms with Crippen LogP contribution >= 0.6 is 27.7 Å². The van der Waals surface area contributed by atoms with E-state index in [1.807, 2.05) is 55.5 Å². The van der Waals surface area contributed by atoms with Crippen molar-refractivity contribution in [1.82, 2.24) is 0 Å². The Morgan fingerprint density at radius 1 is 1.11 bits per heavy atom. The van der Waals surface area contributed by atoms with Crippen molar-refractivity contribution in [3.05, 3.63) is 64.1 Å². The first kappa shape index (κ1) is 14.4. The summed E-state index contributed by atoms with van der Waals surface area (Å²) >= 11 is 4.99. The molecule has 98 valence electrons. The number of hydrogen-bond donors (Lipinski definition) is 0. The van der Waals surface area contributed by atoms with Crippen molar-refractivity contribution >= 4 is 33.5 Å². The van der Waals surface area contributed by atoms with Crippen molar-refractivity contribution in [3.8, 4) is 0 Å². The number of Topliss-reactive ketones (excluding diaryl/α,β-unsaturated/α-hetero) is 1. The zero-order valence-electron chi connectivity index (χ0n) is 10.7. The molecular formula is C16H15BrOS. The largest absolute Gasteiger partial charge is 0.298 e. The molecule has 2 rings (SSSR count). The lowest BCUT2D eigenvalue weighted by molar-refractivity contribution is -0.116. The van der Waals surface area contributed by atoms with Crippen molar-refractivity contribution in [2.45, 2.75) is 18.2 Å². The standard InChI is InChI=1S/C16H15BrOS/c1-12-4-2-3-5-13(12)10-15(18)11-19-16-8-6-14(17)7-9-16/h2-9H,10-11H2,1H3. The lowest BCUT2D eigenvalue weighted by atomic mass is 10.0. The van der Waals surface area contributed by atoms with Gasteiger partial charge < -0.3 is 0 Å². The number of aryl methyl sites for hydroxylation is 1. The molecule has 0 N–H and O–H groups in total. The van der Waals surface area contributed by atoms with Gasteiger partial charge in [0.05, 0.1) is 5.75 Å². The molecule has 0 heterocycles. The summed E-state index contributed by atoms with van der Waals surface area (Å²) in [6, 6.07) is 16.1. The summed E-state index contributed by atoms with van der Waals surface area (Å²) in [7, 11) is 0. The monoisotopic (exact) mass is 334 g/mol. The molecule has 0 aromatic heterocycles. The summed E-state index contributed by atoms with van der Waals surface area (Å²) in [4.78, 5) is 13.1. The van der Waals surface area contributed by atoms with E-state index >= 15 is 0 Å². The Morgan fingerprint density at radius 3 is 2.47 bits per heavy atom. The molecule has 3 heteroatoms. The van der Waals surface area contributed by atoms with Crippen molar-refractivity contribution in [2.24, 2.45) is 0 Å². The van der Waals surface area contributed by atoms with Crippen molar-refractivity contribution in [2.75, 3.05) is 5.75 Å². The lowest BCUT2D eigenvalue weighted by Gasteiger charge is -2.05. The van der Waals surface area contributed by atoms with E-state index in [1.54, 1.807) is 11.8 Å². The smallest absolute Gasteiger partial charge is 0.147 e. The van der Waals surface area contributed by atoms with Crippen molar-refractivity contribution < 1.29 is 4.79 Å². The van der Waals surface area contributed by atoms with Gasteiger partial charge in [-0.05, 0) is 42.3 Å². The third-order valence-electron chi connectivity index (χ3n) is 2.86. The summed E-state index contributed by atoms with van der Waals surface area (Å²) in [6.45, 7) is 2.05. The molecule has 0 saturated carbocycles. The van der Waals surface area contributed by atoms with Crippen LogP contribution in [0, 0.1) is 6.92 Å². The Labute approximate surface area is 126 Å². The molecule has 0 atom stereocenters. The first-order valence-electron chi connectivity index (χ1n) is 6.10. The van der Waals surface area contributed by atoms with Crippen molar-refractivity contribution in [1.29, 1.82) is 0 Å². The molecule has 2 aromatic rings. The fourth-order valence-corrected chi connectivity index (χ4v) is 2.79. The van der Waals surface area contributed by atoms with Crippen LogP contribution in [0.25, 0.3) is 0 Å². The number of halogens is 1. The van der Waals surface area contributed by atoms with E-state index in [9.17, 15) is 4.79 Å². The average molecular weight is 335 g/mol. The number of hydrogen-bond acceptors (Lipinski definition) is 2. The Morgan fingerprint density at radius 2 is 1.79 bits per heavy atom. The first-order chi connectivity index (χ1) is 9.15.